The number of carbonyl (C=O) groups excluding carboxylic acids is 1. The Morgan fingerprint density at radius 2 is 2.32 bits per heavy atom. The lowest BCUT2D eigenvalue weighted by Crippen LogP contribution is -2.28. The molecule has 2 rings (SSSR count). The molecule has 118 valence electrons. The van der Waals surface area contributed by atoms with E-state index in [2.05, 4.69) is 10.3 Å². The van der Waals surface area contributed by atoms with Crippen LogP contribution in [0.3, 0.4) is 0 Å². The first kappa shape index (κ1) is 16.5. The zero-order valence-electron chi connectivity index (χ0n) is 11.9. The lowest BCUT2D eigenvalue weighted by Gasteiger charge is -2.13. The number of amides is 1. The zero-order chi connectivity index (χ0) is 15.9. The second-order valence-corrected chi connectivity index (χ2v) is 5.30. The Kier molecular flexibility index (Phi) is 5.91. The minimum atomic E-state index is -0.968. The third-order valence-corrected chi connectivity index (χ3v) is 3.51. The number of halogens is 2. The fraction of sp³-hybridized carbons (Fsp3) is 0.333. The first-order valence-electron chi connectivity index (χ1n) is 6.91. The maximum Gasteiger partial charge on any atom is 0.220 e. The molecule has 1 unspecified atom stereocenters. The van der Waals surface area contributed by atoms with E-state index >= 15 is 0 Å². The Morgan fingerprint density at radius 1 is 1.50 bits per heavy atom. The van der Waals surface area contributed by atoms with Gasteiger partial charge in [0, 0.05) is 31.9 Å². The number of hydrogen-bond donors (Lipinski definition) is 2. The van der Waals surface area contributed by atoms with Crippen molar-refractivity contribution in [2.24, 2.45) is 0 Å². The van der Waals surface area contributed by atoms with Crippen LogP contribution >= 0.6 is 11.6 Å². The van der Waals surface area contributed by atoms with E-state index in [-0.39, 0.29) is 17.5 Å². The quantitative estimate of drug-likeness (QED) is 0.821. The molecule has 0 aliphatic heterocycles. The van der Waals surface area contributed by atoms with Crippen LogP contribution in [0.2, 0.25) is 5.02 Å². The van der Waals surface area contributed by atoms with Crippen LogP contribution < -0.4 is 5.32 Å². The number of hydrogen-bond acceptors (Lipinski definition) is 3. The molecule has 0 aliphatic rings. The summed E-state index contributed by atoms with van der Waals surface area (Å²) in [6.45, 7) is 0.739. The second-order valence-electron chi connectivity index (χ2n) is 4.90. The summed E-state index contributed by atoms with van der Waals surface area (Å²) in [5.41, 5.74) is 0.376. The predicted octanol–water partition coefficient (Wildman–Crippen LogP) is 2.31. The predicted molar refractivity (Wildman–Crippen MR) is 80.8 cm³/mol. The molecule has 5 nitrogen and oxygen atoms in total. The summed E-state index contributed by atoms with van der Waals surface area (Å²) in [5, 5.41) is 12.5. The van der Waals surface area contributed by atoms with Crippen LogP contribution in [-0.2, 0) is 11.3 Å². The summed E-state index contributed by atoms with van der Waals surface area (Å²) in [6, 6.07) is 4.07. The first-order valence-corrected chi connectivity index (χ1v) is 7.29. The van der Waals surface area contributed by atoms with Crippen molar-refractivity contribution in [2.45, 2.75) is 25.5 Å². The van der Waals surface area contributed by atoms with Gasteiger partial charge in [0.2, 0.25) is 5.91 Å². The number of rotatable bonds is 7. The Labute approximate surface area is 132 Å². The van der Waals surface area contributed by atoms with E-state index in [9.17, 15) is 14.3 Å². The van der Waals surface area contributed by atoms with Gasteiger partial charge in [-0.15, -0.1) is 0 Å². The van der Waals surface area contributed by atoms with E-state index in [0.29, 0.717) is 24.9 Å². The van der Waals surface area contributed by atoms with Gasteiger partial charge >= 0.3 is 0 Å². The molecular formula is C15H17ClFN3O2. The van der Waals surface area contributed by atoms with Crippen molar-refractivity contribution in [1.29, 1.82) is 0 Å². The standard InChI is InChI=1S/C15H17ClFN3O2/c16-12-4-3-11(8-13(12)17)14(21)9-19-15(22)2-1-6-20-7-5-18-10-20/h3-5,7-8,10,14,21H,1-2,6,9H2,(H,19,22). The third kappa shape index (κ3) is 4.82. The molecule has 1 aromatic heterocycles. The number of nitrogens with one attached hydrogen (secondary N) is 1. The van der Waals surface area contributed by atoms with Gasteiger partial charge in [0.05, 0.1) is 17.5 Å². The van der Waals surface area contributed by atoms with Crippen LogP contribution in [0.1, 0.15) is 24.5 Å². The molecule has 2 aromatic rings. The van der Waals surface area contributed by atoms with Crippen LogP contribution in [0, 0.1) is 5.82 Å². The maximum atomic E-state index is 13.3. The van der Waals surface area contributed by atoms with Crippen molar-refractivity contribution in [1.82, 2.24) is 14.9 Å². The summed E-state index contributed by atoms with van der Waals surface area (Å²) in [6.07, 6.45) is 5.26. The van der Waals surface area contributed by atoms with E-state index in [1.807, 2.05) is 10.8 Å². The number of aryl methyl sites for hydroxylation is 1. The van der Waals surface area contributed by atoms with Crippen LogP contribution in [-0.4, -0.2) is 27.1 Å². The van der Waals surface area contributed by atoms with Gasteiger partial charge < -0.3 is 15.0 Å². The van der Waals surface area contributed by atoms with Crippen molar-refractivity contribution in [3.63, 3.8) is 0 Å². The number of aliphatic hydroxyl groups is 1. The number of carbonyl (C=O) groups is 1. The normalized spacial score (nSPS) is 12.1. The average molecular weight is 326 g/mol. The molecule has 1 aromatic carbocycles. The molecule has 7 heteroatoms. The third-order valence-electron chi connectivity index (χ3n) is 3.20. The van der Waals surface area contributed by atoms with Crippen LogP contribution in [0.4, 0.5) is 4.39 Å². The van der Waals surface area contributed by atoms with E-state index in [0.717, 1.165) is 6.07 Å². The van der Waals surface area contributed by atoms with Crippen molar-refractivity contribution in [3.05, 3.63) is 53.3 Å². The molecule has 0 bridgehead atoms. The van der Waals surface area contributed by atoms with E-state index in [4.69, 9.17) is 11.6 Å². The fourth-order valence-electron chi connectivity index (χ4n) is 1.98. The van der Waals surface area contributed by atoms with Gasteiger partial charge in [-0.25, -0.2) is 9.37 Å². The van der Waals surface area contributed by atoms with E-state index < -0.39 is 11.9 Å². The van der Waals surface area contributed by atoms with Gasteiger partial charge in [0.15, 0.2) is 0 Å². The Bertz CT molecular complexity index is 619. The molecule has 0 saturated heterocycles. The number of aromatic nitrogens is 2. The van der Waals surface area contributed by atoms with E-state index in [1.54, 1.807) is 12.5 Å². The zero-order valence-corrected chi connectivity index (χ0v) is 12.6. The molecule has 22 heavy (non-hydrogen) atoms. The number of nitrogens with zero attached hydrogens (tertiary/aromatic N) is 2. The molecular weight excluding hydrogens is 309 g/mol. The monoisotopic (exact) mass is 325 g/mol. The molecule has 0 spiro atoms. The number of imidazole rings is 1. The molecule has 1 heterocycles. The molecule has 1 amide bonds. The smallest absolute Gasteiger partial charge is 0.220 e. The van der Waals surface area contributed by atoms with Gasteiger partial charge in [0.1, 0.15) is 5.82 Å². The van der Waals surface area contributed by atoms with Gasteiger partial charge in [-0.3, -0.25) is 4.79 Å². The first-order chi connectivity index (χ1) is 10.6. The minimum absolute atomic E-state index is 0.000475. The van der Waals surface area contributed by atoms with Gasteiger partial charge in [-0.1, -0.05) is 17.7 Å². The lowest BCUT2D eigenvalue weighted by molar-refractivity contribution is -0.121. The highest BCUT2D eigenvalue weighted by atomic mass is 35.5. The molecule has 0 aliphatic carbocycles. The van der Waals surface area contributed by atoms with Gasteiger partial charge in [-0.05, 0) is 24.1 Å². The van der Waals surface area contributed by atoms with Crippen molar-refractivity contribution >= 4 is 17.5 Å². The Morgan fingerprint density at radius 3 is 3.00 bits per heavy atom. The average Bonchev–Trinajstić information content (AvgIpc) is 3.01. The molecule has 0 fully saturated rings. The fourth-order valence-corrected chi connectivity index (χ4v) is 2.10. The summed E-state index contributed by atoms with van der Waals surface area (Å²) >= 11 is 5.58. The highest BCUT2D eigenvalue weighted by Crippen LogP contribution is 2.19. The van der Waals surface area contributed by atoms with Crippen LogP contribution in [0.5, 0.6) is 0 Å². The van der Waals surface area contributed by atoms with Crippen LogP contribution in [0.25, 0.3) is 0 Å². The summed E-state index contributed by atoms with van der Waals surface area (Å²) < 4.78 is 15.2. The van der Waals surface area contributed by atoms with Gasteiger partial charge in [0.25, 0.3) is 0 Å². The molecule has 0 saturated carbocycles. The summed E-state index contributed by atoms with van der Waals surface area (Å²) in [4.78, 5) is 15.6. The molecule has 0 radical (unpaired) electrons. The second kappa shape index (κ2) is 7.91. The largest absolute Gasteiger partial charge is 0.387 e. The van der Waals surface area contributed by atoms with Crippen molar-refractivity contribution in [2.75, 3.05) is 6.54 Å². The molecule has 2 N–H and O–H groups in total. The molecule has 1 atom stereocenters. The Balaban J connectivity index is 1.72. The number of benzene rings is 1. The summed E-state index contributed by atoms with van der Waals surface area (Å²) in [7, 11) is 0. The maximum absolute atomic E-state index is 13.3. The lowest BCUT2D eigenvalue weighted by atomic mass is 10.1. The van der Waals surface area contributed by atoms with Crippen molar-refractivity contribution < 1.29 is 14.3 Å². The highest BCUT2D eigenvalue weighted by molar-refractivity contribution is 6.30. The number of aliphatic hydroxyl groups excluding tert-OH is 1. The SMILES string of the molecule is O=C(CCCn1ccnc1)NCC(O)c1ccc(Cl)c(F)c1. The van der Waals surface area contributed by atoms with E-state index in [1.165, 1.54) is 12.1 Å². The Hall–Kier alpha value is -1.92. The topological polar surface area (TPSA) is 67.2 Å². The minimum Gasteiger partial charge on any atom is -0.387 e. The van der Waals surface area contributed by atoms with Crippen LogP contribution in [0.15, 0.2) is 36.9 Å². The van der Waals surface area contributed by atoms with Gasteiger partial charge in [-0.2, -0.15) is 0 Å². The highest BCUT2D eigenvalue weighted by Gasteiger charge is 2.11. The summed E-state index contributed by atoms with van der Waals surface area (Å²) in [5.74, 6) is -0.751. The van der Waals surface area contributed by atoms with Crippen molar-refractivity contribution in [3.8, 4) is 0 Å².